The number of H-pyrrole nitrogens is 2. The molecule has 0 radical (unpaired) electrons. The van der Waals surface area contributed by atoms with Crippen LogP contribution in [0.25, 0.3) is 10.9 Å². The Balaban J connectivity index is 1.68. The average molecular weight is 312 g/mol. The highest BCUT2D eigenvalue weighted by Crippen LogP contribution is 2.18. The summed E-state index contributed by atoms with van der Waals surface area (Å²) in [6.45, 7) is 2.66. The van der Waals surface area contributed by atoms with Crippen molar-refractivity contribution in [2.75, 3.05) is 6.54 Å². The van der Waals surface area contributed by atoms with Crippen molar-refractivity contribution in [1.82, 2.24) is 19.9 Å². The number of hydrogen-bond acceptors (Lipinski definition) is 3. The second-order valence-corrected chi connectivity index (χ2v) is 5.70. The number of aromatic nitrogens is 3. The van der Waals surface area contributed by atoms with E-state index in [1.165, 1.54) is 24.2 Å². The predicted molar refractivity (Wildman–Crippen MR) is 90.7 cm³/mol. The van der Waals surface area contributed by atoms with Crippen LogP contribution in [0.5, 0.6) is 0 Å². The second kappa shape index (κ2) is 6.26. The van der Waals surface area contributed by atoms with Crippen LogP contribution in [0, 0.1) is 0 Å². The van der Waals surface area contributed by atoms with Crippen LogP contribution in [0.1, 0.15) is 24.1 Å². The summed E-state index contributed by atoms with van der Waals surface area (Å²) in [5.41, 5.74) is 2.27. The normalized spacial score (nSPS) is 12.6. The zero-order chi connectivity index (χ0) is 16.4. The maximum atomic E-state index is 12.1. The lowest BCUT2D eigenvalue weighted by Crippen LogP contribution is -2.37. The minimum Gasteiger partial charge on any atom is -0.361 e. The van der Waals surface area contributed by atoms with Crippen LogP contribution in [-0.2, 0) is 13.5 Å². The standard InChI is InChI=1S/C17H20N4O2/c1-11(14-10-20-17(23)21(2)16(14)22)18-8-7-12-9-19-15-6-4-3-5-13(12)15/h3-6,9-11,18-19H,7-8H2,1-2H3,(H,20,23)/t11-/m1/s1. The Morgan fingerprint density at radius 3 is 2.78 bits per heavy atom. The predicted octanol–water partition coefficient (Wildman–Crippen LogP) is 1.45. The molecule has 3 aromatic rings. The van der Waals surface area contributed by atoms with Gasteiger partial charge >= 0.3 is 5.69 Å². The number of nitrogens with one attached hydrogen (secondary N) is 3. The molecule has 23 heavy (non-hydrogen) atoms. The lowest BCUT2D eigenvalue weighted by Gasteiger charge is -2.13. The first-order chi connectivity index (χ1) is 11.1. The van der Waals surface area contributed by atoms with Crippen molar-refractivity contribution >= 4 is 10.9 Å². The van der Waals surface area contributed by atoms with E-state index in [1.807, 2.05) is 25.3 Å². The van der Waals surface area contributed by atoms with Crippen LogP contribution in [-0.4, -0.2) is 21.1 Å². The minimum atomic E-state index is -0.398. The third-order valence-electron chi connectivity index (χ3n) is 4.19. The Bertz CT molecular complexity index is 935. The Kier molecular flexibility index (Phi) is 4.16. The van der Waals surface area contributed by atoms with Crippen LogP contribution in [0.15, 0.2) is 46.2 Å². The van der Waals surface area contributed by atoms with E-state index in [1.54, 1.807) is 0 Å². The van der Waals surface area contributed by atoms with Gasteiger partial charge in [-0.15, -0.1) is 0 Å². The number of aromatic amines is 2. The topological polar surface area (TPSA) is 82.7 Å². The van der Waals surface area contributed by atoms with E-state index in [9.17, 15) is 9.59 Å². The Morgan fingerprint density at radius 2 is 1.96 bits per heavy atom. The number of nitrogens with zero attached hydrogens (tertiary/aromatic N) is 1. The minimum absolute atomic E-state index is 0.129. The number of fused-ring (bicyclic) bond motifs is 1. The van der Waals surface area contributed by atoms with Gasteiger partial charge in [-0.2, -0.15) is 0 Å². The van der Waals surface area contributed by atoms with Gasteiger partial charge in [0.15, 0.2) is 0 Å². The molecule has 0 aliphatic rings. The highest BCUT2D eigenvalue weighted by molar-refractivity contribution is 5.83. The molecule has 0 bridgehead atoms. The number of hydrogen-bond donors (Lipinski definition) is 3. The fourth-order valence-electron chi connectivity index (χ4n) is 2.77. The molecule has 2 heterocycles. The summed E-state index contributed by atoms with van der Waals surface area (Å²) in [6.07, 6.45) is 4.38. The molecule has 6 nitrogen and oxygen atoms in total. The van der Waals surface area contributed by atoms with Crippen molar-refractivity contribution in [2.45, 2.75) is 19.4 Å². The first-order valence-electron chi connectivity index (χ1n) is 7.65. The number of rotatable bonds is 5. The van der Waals surface area contributed by atoms with Crippen molar-refractivity contribution in [1.29, 1.82) is 0 Å². The van der Waals surface area contributed by atoms with Gasteiger partial charge in [0.1, 0.15) is 0 Å². The lowest BCUT2D eigenvalue weighted by atomic mass is 10.1. The smallest absolute Gasteiger partial charge is 0.328 e. The van der Waals surface area contributed by atoms with Crippen molar-refractivity contribution in [3.05, 3.63) is 68.6 Å². The highest BCUT2D eigenvalue weighted by atomic mass is 16.2. The molecule has 0 unspecified atom stereocenters. The number of para-hydroxylation sites is 1. The molecule has 0 spiro atoms. The van der Waals surface area contributed by atoms with Crippen LogP contribution < -0.4 is 16.6 Å². The molecule has 3 rings (SSSR count). The van der Waals surface area contributed by atoms with Gasteiger partial charge in [0.2, 0.25) is 0 Å². The summed E-state index contributed by atoms with van der Waals surface area (Å²) in [4.78, 5) is 29.3. The van der Waals surface area contributed by atoms with Gasteiger partial charge in [0.05, 0.1) is 5.56 Å². The average Bonchev–Trinajstić information content (AvgIpc) is 2.96. The van der Waals surface area contributed by atoms with Crippen LogP contribution in [0.2, 0.25) is 0 Å². The molecule has 0 aliphatic carbocycles. The largest absolute Gasteiger partial charge is 0.361 e. The molecule has 6 heteroatoms. The number of benzene rings is 1. The van der Waals surface area contributed by atoms with Gasteiger partial charge in [0, 0.05) is 36.4 Å². The van der Waals surface area contributed by atoms with E-state index in [4.69, 9.17) is 0 Å². The van der Waals surface area contributed by atoms with Crippen LogP contribution >= 0.6 is 0 Å². The first kappa shape index (κ1) is 15.3. The molecule has 0 saturated heterocycles. The summed E-state index contributed by atoms with van der Waals surface area (Å²) in [5.74, 6) is 0. The zero-order valence-electron chi connectivity index (χ0n) is 13.2. The maximum Gasteiger partial charge on any atom is 0.328 e. The molecule has 0 saturated carbocycles. The highest BCUT2D eigenvalue weighted by Gasteiger charge is 2.12. The molecule has 120 valence electrons. The molecular weight excluding hydrogens is 292 g/mol. The van der Waals surface area contributed by atoms with Crippen molar-refractivity contribution < 1.29 is 0 Å². The van der Waals surface area contributed by atoms with Crippen molar-refractivity contribution in [3.63, 3.8) is 0 Å². The van der Waals surface area contributed by atoms with E-state index in [0.717, 1.165) is 23.0 Å². The van der Waals surface area contributed by atoms with E-state index in [-0.39, 0.29) is 11.6 Å². The molecule has 0 aliphatic heterocycles. The van der Waals surface area contributed by atoms with Crippen molar-refractivity contribution in [3.8, 4) is 0 Å². The Labute approximate surface area is 133 Å². The molecule has 1 atom stereocenters. The molecule has 3 N–H and O–H groups in total. The van der Waals surface area contributed by atoms with E-state index in [0.29, 0.717) is 5.56 Å². The van der Waals surface area contributed by atoms with Crippen molar-refractivity contribution in [2.24, 2.45) is 7.05 Å². The summed E-state index contributed by atoms with van der Waals surface area (Å²) in [6, 6.07) is 8.06. The van der Waals surface area contributed by atoms with E-state index >= 15 is 0 Å². The van der Waals surface area contributed by atoms with E-state index in [2.05, 4.69) is 27.4 Å². The quantitative estimate of drug-likeness (QED) is 0.667. The summed E-state index contributed by atoms with van der Waals surface area (Å²) < 4.78 is 1.09. The van der Waals surface area contributed by atoms with E-state index < -0.39 is 5.69 Å². The summed E-state index contributed by atoms with van der Waals surface area (Å²) in [5, 5.41) is 4.56. The molecule has 1 aromatic carbocycles. The Morgan fingerprint density at radius 1 is 1.17 bits per heavy atom. The summed E-state index contributed by atoms with van der Waals surface area (Å²) in [7, 11) is 1.48. The van der Waals surface area contributed by atoms with Crippen LogP contribution in [0.4, 0.5) is 0 Å². The van der Waals surface area contributed by atoms with Gasteiger partial charge in [0.25, 0.3) is 5.56 Å². The van der Waals surface area contributed by atoms with Crippen LogP contribution in [0.3, 0.4) is 0 Å². The summed E-state index contributed by atoms with van der Waals surface area (Å²) >= 11 is 0. The maximum absolute atomic E-state index is 12.1. The molecule has 0 fully saturated rings. The fourth-order valence-corrected chi connectivity index (χ4v) is 2.77. The lowest BCUT2D eigenvalue weighted by molar-refractivity contribution is 0.561. The fraction of sp³-hybridized carbons (Fsp3) is 0.294. The Hall–Kier alpha value is -2.60. The monoisotopic (exact) mass is 312 g/mol. The first-order valence-corrected chi connectivity index (χ1v) is 7.65. The molecular formula is C17H20N4O2. The van der Waals surface area contributed by atoms with Gasteiger partial charge in [-0.05, 0) is 31.5 Å². The molecule has 0 amide bonds. The third kappa shape index (κ3) is 2.98. The second-order valence-electron chi connectivity index (χ2n) is 5.70. The van der Waals surface area contributed by atoms with Gasteiger partial charge in [-0.1, -0.05) is 18.2 Å². The van der Waals surface area contributed by atoms with Gasteiger partial charge in [-0.3, -0.25) is 9.36 Å². The molecule has 2 aromatic heterocycles. The third-order valence-corrected chi connectivity index (χ3v) is 4.19. The zero-order valence-corrected chi connectivity index (χ0v) is 13.2. The SMILES string of the molecule is C[C@@H](NCCc1c[nH]c2ccccc12)c1c[nH]c(=O)n(C)c1=O. The van der Waals surface area contributed by atoms with Gasteiger partial charge < -0.3 is 15.3 Å². The van der Waals surface area contributed by atoms with Gasteiger partial charge in [-0.25, -0.2) is 4.79 Å².